The molecule has 0 atom stereocenters. The van der Waals surface area contributed by atoms with Crippen LogP contribution >= 0.6 is 0 Å². The van der Waals surface area contributed by atoms with Crippen molar-refractivity contribution in [3.63, 3.8) is 0 Å². The maximum atomic E-state index is 12.5. The van der Waals surface area contributed by atoms with Gasteiger partial charge in [0.25, 0.3) is 0 Å². The van der Waals surface area contributed by atoms with Gasteiger partial charge in [0.15, 0.2) is 0 Å². The van der Waals surface area contributed by atoms with Gasteiger partial charge >= 0.3 is 6.18 Å². The summed E-state index contributed by atoms with van der Waals surface area (Å²) >= 11 is 0. The van der Waals surface area contributed by atoms with Crippen molar-refractivity contribution in [3.8, 4) is 0 Å². The second-order valence-corrected chi connectivity index (χ2v) is 4.17. The summed E-state index contributed by atoms with van der Waals surface area (Å²) in [4.78, 5) is 21.5. The summed E-state index contributed by atoms with van der Waals surface area (Å²) in [6.07, 6.45) is 0.427. The van der Waals surface area contributed by atoms with E-state index in [-0.39, 0.29) is 0 Å². The lowest BCUT2D eigenvalue weighted by atomic mass is 9.96. The maximum absolute atomic E-state index is 12.5. The van der Waals surface area contributed by atoms with E-state index in [9.17, 15) is 22.8 Å². The highest BCUT2D eigenvalue weighted by molar-refractivity contribution is 5.87. The van der Waals surface area contributed by atoms with Crippen LogP contribution in [0.4, 0.5) is 13.2 Å². The number of nitrogens with two attached hydrogens (primary N) is 2. The lowest BCUT2D eigenvalue weighted by Crippen LogP contribution is -2.08. The summed E-state index contributed by atoms with van der Waals surface area (Å²) in [5.74, 6) is -2.01. The van der Waals surface area contributed by atoms with Gasteiger partial charge in [-0.15, -0.1) is 0 Å². The normalized spacial score (nSPS) is 12.4. The Kier molecular flexibility index (Phi) is 5.29. The van der Waals surface area contributed by atoms with Crippen molar-refractivity contribution < 1.29 is 22.8 Å². The third-order valence-electron chi connectivity index (χ3n) is 2.56. The third-order valence-corrected chi connectivity index (χ3v) is 2.56. The highest BCUT2D eigenvalue weighted by atomic mass is 19.4. The minimum Gasteiger partial charge on any atom is -0.366 e. The molecular weight excluding hydrogens is 285 g/mol. The first kappa shape index (κ1) is 16.5. The van der Waals surface area contributed by atoms with Crippen molar-refractivity contribution in [1.82, 2.24) is 0 Å². The predicted octanol–water partition coefficient (Wildman–Crippen LogP) is 1.87. The van der Waals surface area contributed by atoms with Gasteiger partial charge in [-0.1, -0.05) is 24.3 Å². The van der Waals surface area contributed by atoms with Crippen molar-refractivity contribution in [2.45, 2.75) is 12.1 Å². The number of hydrogen-bond donors (Lipinski definition) is 2. The molecule has 4 N–H and O–H groups in total. The molecule has 112 valence electrons. The Morgan fingerprint density at radius 1 is 0.952 bits per heavy atom. The molecule has 0 saturated heterocycles. The number of carbonyl (C=O) groups excluding carboxylic acids is 2. The average Bonchev–Trinajstić information content (AvgIpc) is 2.37. The summed E-state index contributed by atoms with van der Waals surface area (Å²) in [5.41, 5.74) is 9.60. The van der Waals surface area contributed by atoms with Crippen molar-refractivity contribution in [2.75, 3.05) is 0 Å². The molecule has 0 heterocycles. The van der Waals surface area contributed by atoms with E-state index < -0.39 is 29.5 Å². The molecule has 0 radical (unpaired) electrons. The summed E-state index contributed by atoms with van der Waals surface area (Å²) in [6, 6.07) is 4.34. The summed E-state index contributed by atoms with van der Waals surface area (Å²) in [6.45, 7) is 0. The molecule has 0 fully saturated rings. The smallest absolute Gasteiger partial charge is 0.366 e. The van der Waals surface area contributed by atoms with Crippen molar-refractivity contribution in [1.29, 1.82) is 0 Å². The van der Waals surface area contributed by atoms with E-state index in [1.807, 2.05) is 0 Å². The van der Waals surface area contributed by atoms with Gasteiger partial charge in [-0.2, -0.15) is 13.2 Å². The molecule has 1 aromatic rings. The highest BCUT2D eigenvalue weighted by Crippen LogP contribution is 2.30. The van der Waals surface area contributed by atoms with Crippen LogP contribution in [-0.4, -0.2) is 11.8 Å². The zero-order chi connectivity index (χ0) is 16.0. The molecule has 21 heavy (non-hydrogen) atoms. The van der Waals surface area contributed by atoms with Crippen LogP contribution in [0.1, 0.15) is 17.0 Å². The third kappa shape index (κ3) is 5.52. The minimum absolute atomic E-state index is 0.456. The first-order valence-electron chi connectivity index (χ1n) is 5.82. The van der Waals surface area contributed by atoms with Crippen LogP contribution in [-0.2, 0) is 15.8 Å². The number of allylic oxidation sites excluding steroid dienone is 2. The molecule has 0 spiro atoms. The lowest BCUT2D eigenvalue weighted by Gasteiger charge is -2.11. The van der Waals surface area contributed by atoms with Crippen LogP contribution in [0.15, 0.2) is 48.6 Å². The number of primary amides is 2. The molecule has 0 saturated carbocycles. The van der Waals surface area contributed by atoms with Crippen LogP contribution in [0.2, 0.25) is 0 Å². The molecule has 2 amide bonds. The van der Waals surface area contributed by atoms with Crippen LogP contribution < -0.4 is 11.5 Å². The Morgan fingerprint density at radius 3 is 1.71 bits per heavy atom. The zero-order valence-electron chi connectivity index (χ0n) is 10.8. The van der Waals surface area contributed by atoms with E-state index in [2.05, 4.69) is 0 Å². The standard InChI is InChI=1S/C14H13F3N2O2/c15-14(16,17)11-5-1-9(2-6-11)10(3-7-12(18)20)4-8-13(19)21/h1-8,10H,(H2,18,20)(H2,19,21)/b7-3+,8-4+. The molecule has 1 aromatic carbocycles. The second-order valence-electron chi connectivity index (χ2n) is 4.17. The number of rotatable bonds is 5. The first-order valence-corrected chi connectivity index (χ1v) is 5.82. The zero-order valence-corrected chi connectivity index (χ0v) is 10.8. The molecular formula is C14H13F3N2O2. The number of alkyl halides is 3. The molecule has 0 aliphatic carbocycles. The van der Waals surface area contributed by atoms with E-state index in [0.29, 0.717) is 5.56 Å². The molecule has 4 nitrogen and oxygen atoms in total. The Labute approximate surface area is 118 Å². The average molecular weight is 298 g/mol. The van der Waals surface area contributed by atoms with Crippen molar-refractivity contribution in [2.24, 2.45) is 11.5 Å². The fourth-order valence-corrected chi connectivity index (χ4v) is 1.58. The van der Waals surface area contributed by atoms with Gasteiger partial charge < -0.3 is 11.5 Å². The largest absolute Gasteiger partial charge is 0.416 e. The highest BCUT2D eigenvalue weighted by Gasteiger charge is 2.30. The van der Waals surface area contributed by atoms with E-state index >= 15 is 0 Å². The van der Waals surface area contributed by atoms with Crippen LogP contribution in [0.5, 0.6) is 0 Å². The Bertz CT molecular complexity index is 551. The topological polar surface area (TPSA) is 86.2 Å². The number of amides is 2. The molecule has 0 aliphatic rings. The molecule has 0 bridgehead atoms. The summed E-state index contributed by atoms with van der Waals surface area (Å²) in [5, 5.41) is 0. The first-order chi connectivity index (χ1) is 9.70. The summed E-state index contributed by atoms with van der Waals surface area (Å²) < 4.78 is 37.4. The quantitative estimate of drug-likeness (QED) is 0.813. The number of hydrogen-bond acceptors (Lipinski definition) is 2. The Hall–Kier alpha value is -2.57. The van der Waals surface area contributed by atoms with Gasteiger partial charge in [0.1, 0.15) is 0 Å². The summed E-state index contributed by atoms with van der Waals surface area (Å²) in [7, 11) is 0. The fourth-order valence-electron chi connectivity index (χ4n) is 1.58. The molecule has 7 heteroatoms. The Morgan fingerprint density at radius 2 is 1.38 bits per heavy atom. The number of carbonyl (C=O) groups is 2. The molecule has 0 aliphatic heterocycles. The number of halogens is 3. The van der Waals surface area contributed by atoms with Crippen molar-refractivity contribution in [3.05, 3.63) is 59.7 Å². The number of benzene rings is 1. The predicted molar refractivity (Wildman–Crippen MR) is 70.9 cm³/mol. The molecule has 0 unspecified atom stereocenters. The second kappa shape index (κ2) is 6.74. The van der Waals surface area contributed by atoms with Gasteiger partial charge in [0, 0.05) is 5.92 Å². The van der Waals surface area contributed by atoms with Crippen molar-refractivity contribution >= 4 is 11.8 Å². The lowest BCUT2D eigenvalue weighted by molar-refractivity contribution is -0.137. The van der Waals surface area contributed by atoms with E-state index in [1.54, 1.807) is 0 Å². The van der Waals surface area contributed by atoms with Crippen LogP contribution in [0.3, 0.4) is 0 Å². The monoisotopic (exact) mass is 298 g/mol. The minimum atomic E-state index is -4.43. The van der Waals surface area contributed by atoms with Crippen LogP contribution in [0, 0.1) is 0 Å². The van der Waals surface area contributed by atoms with Gasteiger partial charge in [0.2, 0.25) is 11.8 Å². The van der Waals surface area contributed by atoms with Gasteiger partial charge in [-0.3, -0.25) is 9.59 Å². The van der Waals surface area contributed by atoms with E-state index in [4.69, 9.17) is 11.5 Å². The fraction of sp³-hybridized carbons (Fsp3) is 0.143. The molecule has 0 aromatic heterocycles. The van der Waals surface area contributed by atoms with Gasteiger partial charge in [-0.25, -0.2) is 0 Å². The van der Waals surface area contributed by atoms with Gasteiger partial charge in [0.05, 0.1) is 5.56 Å². The maximum Gasteiger partial charge on any atom is 0.416 e. The van der Waals surface area contributed by atoms with Crippen LogP contribution in [0.25, 0.3) is 0 Å². The van der Waals surface area contributed by atoms with E-state index in [1.165, 1.54) is 24.3 Å². The Balaban J connectivity index is 3.08. The SMILES string of the molecule is NC(=O)/C=C/C(/C=C/C(N)=O)c1ccc(C(F)(F)F)cc1. The van der Waals surface area contributed by atoms with E-state index in [0.717, 1.165) is 24.3 Å². The molecule has 1 rings (SSSR count). The van der Waals surface area contributed by atoms with Gasteiger partial charge in [-0.05, 0) is 29.8 Å².